The van der Waals surface area contributed by atoms with Crippen LogP contribution in [0.1, 0.15) is 27.5 Å². The summed E-state index contributed by atoms with van der Waals surface area (Å²) in [5, 5.41) is 14.7. The standard InChI is InChI=1S/C26H21IN2O6/c1-34-19-13-17(12-18(27)25(19)35-14-20(30)31)23-21(24(32)16-10-6-3-7-11-16)22(28-26(33)29-23)15-8-4-2-5-9-15/h2-13,23H,14H2,1H3,(H,30,31)(H2,28,29,33)/t23-/m1/s1. The molecule has 4 rings (SSSR count). The number of aliphatic carboxylic acids is 1. The first kappa shape index (κ1) is 24.3. The average Bonchev–Trinajstić information content (AvgIpc) is 2.87. The van der Waals surface area contributed by atoms with Crippen LogP contribution >= 0.6 is 22.6 Å². The number of carboxylic acid groups (broad SMARTS) is 1. The minimum absolute atomic E-state index is 0.248. The van der Waals surface area contributed by atoms with Gasteiger partial charge in [0.2, 0.25) is 0 Å². The lowest BCUT2D eigenvalue weighted by molar-refractivity contribution is -0.139. The fraction of sp³-hybridized carbons (Fsp3) is 0.115. The molecule has 0 radical (unpaired) electrons. The van der Waals surface area contributed by atoms with E-state index in [1.165, 1.54) is 7.11 Å². The maximum absolute atomic E-state index is 13.8. The summed E-state index contributed by atoms with van der Waals surface area (Å²) in [4.78, 5) is 37.5. The van der Waals surface area contributed by atoms with E-state index in [-0.39, 0.29) is 17.3 Å². The molecule has 1 aliphatic rings. The third-order valence-corrected chi connectivity index (χ3v) is 6.14. The monoisotopic (exact) mass is 584 g/mol. The van der Waals surface area contributed by atoms with E-state index in [0.29, 0.717) is 31.5 Å². The summed E-state index contributed by atoms with van der Waals surface area (Å²) in [6.07, 6.45) is 0. The first-order chi connectivity index (χ1) is 16.9. The molecule has 0 spiro atoms. The van der Waals surface area contributed by atoms with Gasteiger partial charge >= 0.3 is 12.0 Å². The topological polar surface area (TPSA) is 114 Å². The van der Waals surface area contributed by atoms with Crippen molar-refractivity contribution in [3.05, 3.63) is 98.6 Å². The van der Waals surface area contributed by atoms with Crippen molar-refractivity contribution in [2.45, 2.75) is 6.04 Å². The molecule has 1 atom stereocenters. The van der Waals surface area contributed by atoms with Crippen molar-refractivity contribution >= 4 is 46.1 Å². The highest BCUT2D eigenvalue weighted by Crippen LogP contribution is 2.40. The van der Waals surface area contributed by atoms with Crippen molar-refractivity contribution in [2.75, 3.05) is 13.7 Å². The number of urea groups is 1. The number of carboxylic acids is 1. The summed E-state index contributed by atoms with van der Waals surface area (Å²) < 4.78 is 11.4. The Bertz CT molecular complexity index is 1310. The van der Waals surface area contributed by atoms with Crippen LogP contribution in [0.25, 0.3) is 5.70 Å². The van der Waals surface area contributed by atoms with Crippen molar-refractivity contribution in [1.29, 1.82) is 0 Å². The molecule has 1 aliphatic heterocycles. The Morgan fingerprint density at radius 2 is 1.69 bits per heavy atom. The molecule has 0 saturated heterocycles. The number of halogens is 1. The Labute approximate surface area is 215 Å². The zero-order chi connectivity index (χ0) is 24.9. The smallest absolute Gasteiger partial charge is 0.341 e. The summed E-state index contributed by atoms with van der Waals surface area (Å²) in [7, 11) is 1.44. The van der Waals surface area contributed by atoms with Crippen LogP contribution in [-0.2, 0) is 4.79 Å². The summed E-state index contributed by atoms with van der Waals surface area (Å²) in [6.45, 7) is -0.536. The lowest BCUT2D eigenvalue weighted by Crippen LogP contribution is -2.45. The van der Waals surface area contributed by atoms with E-state index in [1.807, 2.05) is 59.0 Å². The van der Waals surface area contributed by atoms with Gasteiger partial charge in [-0.3, -0.25) is 4.79 Å². The van der Waals surface area contributed by atoms with Gasteiger partial charge in [-0.05, 0) is 45.9 Å². The quantitative estimate of drug-likeness (QED) is 0.267. The normalized spacial score (nSPS) is 15.1. The van der Waals surface area contributed by atoms with Gasteiger partial charge < -0.3 is 25.2 Å². The van der Waals surface area contributed by atoms with Crippen LogP contribution in [0.5, 0.6) is 11.5 Å². The minimum atomic E-state index is -1.12. The van der Waals surface area contributed by atoms with E-state index in [1.54, 1.807) is 36.4 Å². The van der Waals surface area contributed by atoms with Gasteiger partial charge in [-0.1, -0.05) is 60.7 Å². The summed E-state index contributed by atoms with van der Waals surface area (Å²) >= 11 is 2.01. The van der Waals surface area contributed by atoms with E-state index < -0.39 is 24.6 Å². The van der Waals surface area contributed by atoms with Gasteiger partial charge in [0.15, 0.2) is 23.9 Å². The van der Waals surface area contributed by atoms with Crippen molar-refractivity contribution < 1.29 is 29.0 Å². The zero-order valence-corrected chi connectivity index (χ0v) is 20.7. The largest absolute Gasteiger partial charge is 0.493 e. The van der Waals surface area contributed by atoms with Crippen LogP contribution in [0.4, 0.5) is 4.79 Å². The number of nitrogens with one attached hydrogen (secondary N) is 2. The van der Waals surface area contributed by atoms with E-state index in [9.17, 15) is 14.4 Å². The average molecular weight is 584 g/mol. The number of benzene rings is 3. The number of hydrogen-bond acceptors (Lipinski definition) is 5. The molecule has 2 amide bonds. The number of rotatable bonds is 8. The molecule has 3 aromatic carbocycles. The fourth-order valence-corrected chi connectivity index (χ4v) is 4.60. The lowest BCUT2D eigenvalue weighted by Gasteiger charge is -2.30. The molecule has 9 heteroatoms. The molecule has 0 fully saturated rings. The molecule has 35 heavy (non-hydrogen) atoms. The number of Topliss-reactive ketones (excluding diaryl/α,β-unsaturated/α-hetero) is 1. The lowest BCUT2D eigenvalue weighted by atomic mass is 9.87. The Hall–Kier alpha value is -3.86. The molecule has 0 saturated carbocycles. The first-order valence-electron chi connectivity index (χ1n) is 10.6. The Morgan fingerprint density at radius 1 is 1.03 bits per heavy atom. The highest BCUT2D eigenvalue weighted by Gasteiger charge is 2.34. The van der Waals surface area contributed by atoms with Crippen LogP contribution in [-0.4, -0.2) is 36.6 Å². The molecule has 0 unspecified atom stereocenters. The summed E-state index contributed by atoms with van der Waals surface area (Å²) in [5.41, 5.74) is 2.51. The van der Waals surface area contributed by atoms with Gasteiger partial charge in [-0.2, -0.15) is 0 Å². The van der Waals surface area contributed by atoms with E-state index in [2.05, 4.69) is 10.6 Å². The third kappa shape index (κ3) is 5.29. The molecule has 8 nitrogen and oxygen atoms in total. The van der Waals surface area contributed by atoms with Crippen molar-refractivity contribution in [1.82, 2.24) is 10.6 Å². The van der Waals surface area contributed by atoms with E-state index in [0.717, 1.165) is 0 Å². The van der Waals surface area contributed by atoms with Crippen molar-refractivity contribution in [3.63, 3.8) is 0 Å². The Balaban J connectivity index is 1.89. The van der Waals surface area contributed by atoms with Gasteiger partial charge in [0, 0.05) is 5.56 Å². The number of carbonyl (C=O) groups excluding carboxylic acids is 2. The minimum Gasteiger partial charge on any atom is -0.493 e. The van der Waals surface area contributed by atoms with Crippen LogP contribution < -0.4 is 20.1 Å². The Morgan fingerprint density at radius 3 is 2.31 bits per heavy atom. The maximum Gasteiger partial charge on any atom is 0.341 e. The Kier molecular flexibility index (Phi) is 7.35. The number of methoxy groups -OCH3 is 1. The van der Waals surface area contributed by atoms with E-state index in [4.69, 9.17) is 14.6 Å². The summed E-state index contributed by atoms with van der Waals surface area (Å²) in [6, 6.07) is 20.1. The molecule has 3 N–H and O–H groups in total. The number of carbonyl (C=O) groups is 3. The molecule has 3 aromatic rings. The zero-order valence-electron chi connectivity index (χ0n) is 18.6. The van der Waals surface area contributed by atoms with E-state index >= 15 is 0 Å². The van der Waals surface area contributed by atoms with Crippen molar-refractivity contribution in [3.8, 4) is 11.5 Å². The van der Waals surface area contributed by atoms with Crippen LogP contribution in [0.3, 0.4) is 0 Å². The van der Waals surface area contributed by atoms with Gasteiger partial charge in [0.1, 0.15) is 0 Å². The molecule has 0 aliphatic carbocycles. The number of hydrogen-bond donors (Lipinski definition) is 3. The van der Waals surface area contributed by atoms with Crippen LogP contribution in [0, 0.1) is 3.57 Å². The maximum atomic E-state index is 13.8. The third-order valence-electron chi connectivity index (χ3n) is 5.34. The summed E-state index contributed by atoms with van der Waals surface area (Å²) in [5.74, 6) is -0.817. The van der Waals surface area contributed by atoms with Crippen LogP contribution in [0.15, 0.2) is 78.4 Å². The molecular weight excluding hydrogens is 563 g/mol. The van der Waals surface area contributed by atoms with Crippen LogP contribution in [0.2, 0.25) is 0 Å². The fourth-order valence-electron chi connectivity index (χ4n) is 3.82. The first-order valence-corrected chi connectivity index (χ1v) is 11.7. The molecule has 0 bridgehead atoms. The predicted octanol–water partition coefficient (Wildman–Crippen LogP) is 4.41. The predicted molar refractivity (Wildman–Crippen MR) is 137 cm³/mol. The number of ether oxygens (including phenoxy) is 2. The number of amides is 2. The highest BCUT2D eigenvalue weighted by atomic mass is 127. The molecule has 1 heterocycles. The second-order valence-electron chi connectivity index (χ2n) is 7.60. The second-order valence-corrected chi connectivity index (χ2v) is 8.76. The van der Waals surface area contributed by atoms with Gasteiger partial charge in [-0.15, -0.1) is 0 Å². The van der Waals surface area contributed by atoms with Gasteiger partial charge in [-0.25, -0.2) is 9.59 Å². The van der Waals surface area contributed by atoms with Gasteiger partial charge in [0.25, 0.3) is 0 Å². The van der Waals surface area contributed by atoms with Gasteiger partial charge in [0.05, 0.1) is 28.0 Å². The SMILES string of the molecule is COc1cc([C@H]2NC(=O)NC(c3ccccc3)=C2C(=O)c2ccccc2)cc(I)c1OCC(=O)O. The second kappa shape index (κ2) is 10.6. The molecule has 0 aromatic heterocycles. The highest BCUT2D eigenvalue weighted by molar-refractivity contribution is 14.1. The number of ketones is 1. The van der Waals surface area contributed by atoms with Crippen molar-refractivity contribution in [2.24, 2.45) is 0 Å². The molecular formula is C26H21IN2O6. The molecule has 178 valence electrons.